The van der Waals surface area contributed by atoms with E-state index in [1.54, 1.807) is 0 Å². The molecular weight excluding hydrogens is 445 g/mol. The van der Waals surface area contributed by atoms with Crippen LogP contribution in [0.15, 0.2) is 47.4 Å². The zero-order valence-corrected chi connectivity index (χ0v) is 19.8. The molecule has 9 heteroatoms. The fraction of sp³-hybridized carbons (Fsp3) is 0.417. The zero-order valence-electron chi connectivity index (χ0n) is 18.9. The van der Waals surface area contributed by atoms with Crippen LogP contribution in [0, 0.1) is 19.7 Å². The van der Waals surface area contributed by atoms with E-state index >= 15 is 0 Å². The van der Waals surface area contributed by atoms with E-state index in [1.165, 1.54) is 23.4 Å². The van der Waals surface area contributed by atoms with E-state index in [4.69, 9.17) is 0 Å². The molecule has 0 aliphatic carbocycles. The van der Waals surface area contributed by atoms with Crippen molar-refractivity contribution in [2.24, 2.45) is 0 Å². The Morgan fingerprint density at radius 2 is 1.73 bits per heavy atom. The van der Waals surface area contributed by atoms with Crippen molar-refractivity contribution in [3.63, 3.8) is 0 Å². The molecule has 3 rings (SSSR count). The lowest BCUT2D eigenvalue weighted by atomic mass is 10.0. The minimum absolute atomic E-state index is 0.0628. The highest BCUT2D eigenvalue weighted by atomic mass is 32.2. The van der Waals surface area contributed by atoms with Gasteiger partial charge < -0.3 is 10.6 Å². The van der Waals surface area contributed by atoms with Gasteiger partial charge >= 0.3 is 11.8 Å². The number of aryl methyl sites for hydroxylation is 2. The number of rotatable bonds is 7. The van der Waals surface area contributed by atoms with Crippen molar-refractivity contribution in [2.45, 2.75) is 57.0 Å². The molecule has 0 aromatic heterocycles. The fourth-order valence-corrected chi connectivity index (χ4v) is 5.70. The van der Waals surface area contributed by atoms with E-state index in [0.29, 0.717) is 19.4 Å². The Kier molecular flexibility index (Phi) is 8.20. The lowest BCUT2D eigenvalue weighted by molar-refractivity contribution is -0.139. The number of hydrogen-bond acceptors (Lipinski definition) is 4. The van der Waals surface area contributed by atoms with Gasteiger partial charge in [-0.25, -0.2) is 12.8 Å². The number of halogens is 1. The van der Waals surface area contributed by atoms with Crippen LogP contribution < -0.4 is 10.6 Å². The smallest absolute Gasteiger partial charge is 0.309 e. The van der Waals surface area contributed by atoms with E-state index in [-0.39, 0.29) is 29.6 Å². The maximum absolute atomic E-state index is 13.6. The highest BCUT2D eigenvalue weighted by Gasteiger charge is 2.33. The lowest BCUT2D eigenvalue weighted by Gasteiger charge is -2.34. The van der Waals surface area contributed by atoms with Crippen LogP contribution in [-0.2, 0) is 26.2 Å². The molecule has 1 heterocycles. The van der Waals surface area contributed by atoms with Crippen LogP contribution in [0.3, 0.4) is 0 Å². The topological polar surface area (TPSA) is 95.6 Å². The molecule has 1 fully saturated rings. The van der Waals surface area contributed by atoms with Crippen molar-refractivity contribution >= 4 is 21.8 Å². The Labute approximate surface area is 194 Å². The average Bonchev–Trinajstić information content (AvgIpc) is 2.80. The van der Waals surface area contributed by atoms with Gasteiger partial charge in [0.2, 0.25) is 10.0 Å². The third-order valence-electron chi connectivity index (χ3n) is 5.85. The number of sulfonamides is 1. The summed E-state index contributed by atoms with van der Waals surface area (Å²) in [7, 11) is -3.79. The van der Waals surface area contributed by atoms with Crippen molar-refractivity contribution in [1.82, 2.24) is 14.9 Å². The van der Waals surface area contributed by atoms with Crippen LogP contribution in [0.4, 0.5) is 4.39 Å². The standard InChI is InChI=1S/C24H30FN3O4S/c1-17-6-8-19(9-7-17)16-27-24(30)23(29)26-13-12-20-5-3-4-14-28(20)33(31,32)21-10-11-22(25)18(2)15-21/h6-11,15,20H,3-5,12-14,16H2,1-2H3,(H,26,29)(H,27,30)/t20-/m1/s1. The highest BCUT2D eigenvalue weighted by Crippen LogP contribution is 2.27. The largest absolute Gasteiger partial charge is 0.348 e. The SMILES string of the molecule is Cc1ccc(CNC(=O)C(=O)NCC[C@H]2CCCCN2S(=O)(=O)c2ccc(F)c(C)c2)cc1. The minimum Gasteiger partial charge on any atom is -0.348 e. The summed E-state index contributed by atoms with van der Waals surface area (Å²) in [6, 6.07) is 11.1. The Bertz CT molecular complexity index is 1100. The Morgan fingerprint density at radius 1 is 1.03 bits per heavy atom. The average molecular weight is 476 g/mol. The summed E-state index contributed by atoms with van der Waals surface area (Å²) in [6.07, 6.45) is 2.67. The Balaban J connectivity index is 1.54. The molecule has 1 atom stereocenters. The number of carbonyl (C=O) groups excluding carboxylic acids is 2. The van der Waals surface area contributed by atoms with Crippen LogP contribution in [-0.4, -0.2) is 43.7 Å². The van der Waals surface area contributed by atoms with Crippen molar-refractivity contribution in [2.75, 3.05) is 13.1 Å². The van der Waals surface area contributed by atoms with Crippen LogP contribution in [0.5, 0.6) is 0 Å². The summed E-state index contributed by atoms with van der Waals surface area (Å²) < 4.78 is 41.4. The van der Waals surface area contributed by atoms with Crippen molar-refractivity contribution < 1.29 is 22.4 Å². The number of hydrogen-bond donors (Lipinski definition) is 2. The van der Waals surface area contributed by atoms with E-state index in [9.17, 15) is 22.4 Å². The number of nitrogens with one attached hydrogen (secondary N) is 2. The van der Waals surface area contributed by atoms with Gasteiger partial charge in [-0.1, -0.05) is 36.2 Å². The summed E-state index contributed by atoms with van der Waals surface area (Å²) in [4.78, 5) is 24.3. The molecule has 1 aliphatic rings. The third-order valence-corrected chi connectivity index (χ3v) is 7.80. The monoisotopic (exact) mass is 475 g/mol. The van der Waals surface area contributed by atoms with Gasteiger partial charge in [0.05, 0.1) is 4.90 Å². The highest BCUT2D eigenvalue weighted by molar-refractivity contribution is 7.89. The molecule has 2 N–H and O–H groups in total. The summed E-state index contributed by atoms with van der Waals surface area (Å²) in [5.41, 5.74) is 2.27. The maximum Gasteiger partial charge on any atom is 0.309 e. The van der Waals surface area contributed by atoms with Gasteiger partial charge in [0.1, 0.15) is 5.82 Å². The number of benzene rings is 2. The lowest BCUT2D eigenvalue weighted by Crippen LogP contribution is -2.46. The molecule has 0 saturated carbocycles. The van der Waals surface area contributed by atoms with E-state index in [1.807, 2.05) is 31.2 Å². The Hall–Kier alpha value is -2.78. The molecule has 0 spiro atoms. The summed E-state index contributed by atoms with van der Waals surface area (Å²) in [5, 5.41) is 5.16. The molecule has 1 aliphatic heterocycles. The van der Waals surface area contributed by atoms with Gasteiger partial charge in [-0.05, 0) is 62.4 Å². The minimum atomic E-state index is -3.79. The summed E-state index contributed by atoms with van der Waals surface area (Å²) in [6.45, 7) is 4.29. The van der Waals surface area contributed by atoms with Gasteiger partial charge in [-0.15, -0.1) is 0 Å². The molecule has 7 nitrogen and oxygen atoms in total. The second-order valence-corrected chi connectivity index (χ2v) is 10.3. The molecular formula is C24H30FN3O4S. The van der Waals surface area contributed by atoms with E-state index < -0.39 is 27.7 Å². The van der Waals surface area contributed by atoms with E-state index in [0.717, 1.165) is 30.0 Å². The van der Waals surface area contributed by atoms with Crippen molar-refractivity contribution in [3.05, 3.63) is 65.0 Å². The summed E-state index contributed by atoms with van der Waals surface area (Å²) in [5.74, 6) is -1.93. The van der Waals surface area contributed by atoms with Gasteiger partial charge in [-0.2, -0.15) is 4.31 Å². The molecule has 33 heavy (non-hydrogen) atoms. The van der Waals surface area contributed by atoms with Gasteiger partial charge in [0.15, 0.2) is 0 Å². The quantitative estimate of drug-likeness (QED) is 0.602. The van der Waals surface area contributed by atoms with Crippen LogP contribution in [0.25, 0.3) is 0 Å². The summed E-state index contributed by atoms with van der Waals surface area (Å²) >= 11 is 0. The third kappa shape index (κ3) is 6.39. The number of carbonyl (C=O) groups is 2. The molecule has 178 valence electrons. The first-order valence-electron chi connectivity index (χ1n) is 11.1. The normalized spacial score (nSPS) is 16.9. The first-order valence-corrected chi connectivity index (χ1v) is 12.5. The van der Waals surface area contributed by atoms with Gasteiger partial charge in [-0.3, -0.25) is 9.59 Å². The van der Waals surface area contributed by atoms with Crippen molar-refractivity contribution in [3.8, 4) is 0 Å². The molecule has 1 saturated heterocycles. The molecule has 2 aromatic rings. The number of amides is 2. The first-order chi connectivity index (χ1) is 15.7. The van der Waals surface area contributed by atoms with Crippen LogP contribution in [0.2, 0.25) is 0 Å². The maximum atomic E-state index is 13.6. The van der Waals surface area contributed by atoms with Crippen LogP contribution in [0.1, 0.15) is 42.4 Å². The second-order valence-electron chi connectivity index (χ2n) is 8.39. The fourth-order valence-electron chi connectivity index (χ4n) is 3.89. The predicted molar refractivity (Wildman–Crippen MR) is 123 cm³/mol. The molecule has 0 unspecified atom stereocenters. The number of piperidine rings is 1. The Morgan fingerprint density at radius 3 is 2.42 bits per heavy atom. The predicted octanol–water partition coefficient (Wildman–Crippen LogP) is 2.81. The van der Waals surface area contributed by atoms with E-state index in [2.05, 4.69) is 10.6 Å². The second kappa shape index (κ2) is 10.9. The molecule has 0 bridgehead atoms. The van der Waals surface area contributed by atoms with Gasteiger partial charge in [0.25, 0.3) is 0 Å². The molecule has 0 radical (unpaired) electrons. The molecule has 2 aromatic carbocycles. The van der Waals surface area contributed by atoms with Gasteiger partial charge in [0, 0.05) is 25.7 Å². The van der Waals surface area contributed by atoms with Crippen LogP contribution >= 0.6 is 0 Å². The first kappa shape index (κ1) is 24.9. The zero-order chi connectivity index (χ0) is 24.0. The molecule has 2 amide bonds. The van der Waals surface area contributed by atoms with Crippen molar-refractivity contribution in [1.29, 1.82) is 0 Å². The number of nitrogens with zero attached hydrogens (tertiary/aromatic N) is 1.